The molecule has 3 rings (SSSR count). The van der Waals surface area contributed by atoms with Crippen molar-refractivity contribution in [3.8, 4) is 0 Å². The van der Waals surface area contributed by atoms with Crippen molar-refractivity contribution in [2.45, 2.75) is 64.1 Å². The molecule has 2 aromatic heterocycles. The van der Waals surface area contributed by atoms with E-state index in [0.717, 1.165) is 48.7 Å². The van der Waals surface area contributed by atoms with Crippen LogP contribution in [0.5, 0.6) is 0 Å². The minimum atomic E-state index is -0.0179. The summed E-state index contributed by atoms with van der Waals surface area (Å²) in [7, 11) is 0. The predicted octanol–water partition coefficient (Wildman–Crippen LogP) is 3.37. The maximum absolute atomic E-state index is 13.2. The average Bonchev–Trinajstić information content (AvgIpc) is 3.16. The Balaban J connectivity index is 1.96. The van der Waals surface area contributed by atoms with Crippen molar-refractivity contribution in [1.82, 2.24) is 14.9 Å². The zero-order valence-corrected chi connectivity index (χ0v) is 16.5. The average molecular weight is 380 g/mol. The summed E-state index contributed by atoms with van der Waals surface area (Å²) in [6.07, 6.45) is 6.36. The highest BCUT2D eigenvalue weighted by molar-refractivity contribution is 7.99. The van der Waals surface area contributed by atoms with Gasteiger partial charge in [0.15, 0.2) is 5.16 Å². The molecule has 0 aliphatic heterocycles. The Morgan fingerprint density at radius 3 is 2.92 bits per heavy atom. The quantitative estimate of drug-likeness (QED) is 0.434. The third-order valence-corrected chi connectivity index (χ3v) is 6.64. The Morgan fingerprint density at radius 1 is 1.32 bits per heavy atom. The van der Waals surface area contributed by atoms with E-state index >= 15 is 0 Å². The largest absolute Gasteiger partial charge is 0.356 e. The number of thiophene rings is 1. The highest BCUT2D eigenvalue weighted by Crippen LogP contribution is 2.35. The molecule has 2 heterocycles. The van der Waals surface area contributed by atoms with E-state index in [1.807, 2.05) is 6.92 Å². The summed E-state index contributed by atoms with van der Waals surface area (Å²) in [5, 5.41) is 4.31. The van der Waals surface area contributed by atoms with Gasteiger partial charge in [-0.05, 0) is 38.2 Å². The lowest BCUT2D eigenvalue weighted by atomic mass is 10.2. The number of nitrogens with zero attached hydrogens (tertiary/aromatic N) is 2. The lowest BCUT2D eigenvalue weighted by molar-refractivity contribution is -0.118. The number of hydrogen-bond acceptors (Lipinski definition) is 5. The molecular weight excluding hydrogens is 354 g/mol. The zero-order chi connectivity index (χ0) is 17.8. The molecule has 0 spiro atoms. The number of nitrogens with one attached hydrogen (secondary N) is 1. The van der Waals surface area contributed by atoms with Gasteiger partial charge in [-0.2, -0.15) is 0 Å². The van der Waals surface area contributed by atoms with Crippen LogP contribution in [0.15, 0.2) is 9.95 Å². The molecule has 0 unspecified atom stereocenters. The van der Waals surface area contributed by atoms with Crippen molar-refractivity contribution < 1.29 is 4.79 Å². The molecule has 0 atom stereocenters. The Bertz CT molecular complexity index is 826. The molecule has 1 amide bonds. The molecule has 0 fully saturated rings. The SMILES string of the molecule is CCCCCn1c(SCC(=O)NCC)nc2sc3c(c2c1=O)CCC3. The first kappa shape index (κ1) is 18.5. The molecule has 5 nitrogen and oxygen atoms in total. The number of thioether (sulfide) groups is 1. The van der Waals surface area contributed by atoms with Crippen molar-refractivity contribution in [1.29, 1.82) is 0 Å². The van der Waals surface area contributed by atoms with Crippen LogP contribution in [0.3, 0.4) is 0 Å². The first-order valence-electron chi connectivity index (χ1n) is 9.10. The second-order valence-electron chi connectivity index (χ2n) is 6.34. The normalized spacial score (nSPS) is 13.4. The van der Waals surface area contributed by atoms with E-state index in [1.165, 1.54) is 22.2 Å². The van der Waals surface area contributed by atoms with Crippen molar-refractivity contribution in [2.24, 2.45) is 0 Å². The van der Waals surface area contributed by atoms with E-state index in [0.29, 0.717) is 24.0 Å². The van der Waals surface area contributed by atoms with E-state index in [-0.39, 0.29) is 11.5 Å². The minimum Gasteiger partial charge on any atom is -0.356 e. The van der Waals surface area contributed by atoms with Gasteiger partial charge in [-0.1, -0.05) is 31.5 Å². The van der Waals surface area contributed by atoms with Gasteiger partial charge in [0.1, 0.15) is 4.83 Å². The number of aryl methyl sites for hydroxylation is 2. The van der Waals surface area contributed by atoms with Crippen molar-refractivity contribution in [3.63, 3.8) is 0 Å². The smallest absolute Gasteiger partial charge is 0.263 e. The maximum atomic E-state index is 13.2. The molecule has 1 N–H and O–H groups in total. The number of amides is 1. The molecule has 0 aromatic carbocycles. The standard InChI is InChI=1S/C18H25N3O2S2/c1-3-5-6-10-21-17(23)15-12-8-7-9-13(12)25-16(15)20-18(21)24-11-14(22)19-4-2/h3-11H2,1-2H3,(H,19,22). The highest BCUT2D eigenvalue weighted by atomic mass is 32.2. The Morgan fingerprint density at radius 2 is 2.16 bits per heavy atom. The van der Waals surface area contributed by atoms with Gasteiger partial charge in [-0.15, -0.1) is 11.3 Å². The summed E-state index contributed by atoms with van der Waals surface area (Å²) in [5.74, 6) is 0.278. The van der Waals surface area contributed by atoms with E-state index in [4.69, 9.17) is 4.98 Å². The monoisotopic (exact) mass is 379 g/mol. The highest BCUT2D eigenvalue weighted by Gasteiger charge is 2.23. The second kappa shape index (κ2) is 8.36. The Labute approximate surface area is 156 Å². The molecule has 0 saturated carbocycles. The fraction of sp³-hybridized carbons (Fsp3) is 0.611. The molecule has 1 aliphatic carbocycles. The summed E-state index contributed by atoms with van der Waals surface area (Å²) >= 11 is 3.03. The fourth-order valence-corrected chi connectivity index (χ4v) is 5.42. The fourth-order valence-electron chi connectivity index (χ4n) is 3.26. The summed E-state index contributed by atoms with van der Waals surface area (Å²) in [5.41, 5.74) is 1.31. The molecule has 0 saturated heterocycles. The van der Waals surface area contributed by atoms with E-state index in [2.05, 4.69) is 12.2 Å². The molecule has 2 aromatic rings. The predicted molar refractivity (Wildman–Crippen MR) is 105 cm³/mol. The number of aromatic nitrogens is 2. The number of rotatable bonds is 8. The van der Waals surface area contributed by atoms with Crippen LogP contribution in [0.4, 0.5) is 0 Å². The zero-order valence-electron chi connectivity index (χ0n) is 14.9. The number of hydrogen-bond donors (Lipinski definition) is 1. The summed E-state index contributed by atoms with van der Waals surface area (Å²) in [6.45, 7) is 5.35. The molecule has 136 valence electrons. The second-order valence-corrected chi connectivity index (χ2v) is 8.36. The topological polar surface area (TPSA) is 64.0 Å². The maximum Gasteiger partial charge on any atom is 0.263 e. The summed E-state index contributed by atoms with van der Waals surface area (Å²) in [6, 6.07) is 0. The number of carbonyl (C=O) groups excluding carboxylic acids is 1. The first-order chi connectivity index (χ1) is 12.2. The lowest BCUT2D eigenvalue weighted by Gasteiger charge is -2.12. The van der Waals surface area contributed by atoms with Crippen LogP contribution in [0, 0.1) is 0 Å². The molecule has 0 radical (unpaired) electrons. The molecule has 25 heavy (non-hydrogen) atoms. The minimum absolute atomic E-state index is 0.0179. The van der Waals surface area contributed by atoms with Gasteiger partial charge >= 0.3 is 0 Å². The van der Waals surface area contributed by atoms with Gasteiger partial charge in [0, 0.05) is 18.0 Å². The van der Waals surface area contributed by atoms with Gasteiger partial charge in [-0.25, -0.2) is 4.98 Å². The number of unbranched alkanes of at least 4 members (excludes halogenated alkanes) is 2. The van der Waals surface area contributed by atoms with E-state index < -0.39 is 0 Å². The third kappa shape index (κ3) is 3.92. The van der Waals surface area contributed by atoms with Gasteiger partial charge in [-0.3, -0.25) is 14.2 Å². The van der Waals surface area contributed by atoms with Crippen molar-refractivity contribution in [3.05, 3.63) is 20.8 Å². The lowest BCUT2D eigenvalue weighted by Crippen LogP contribution is -2.27. The van der Waals surface area contributed by atoms with Gasteiger partial charge in [0.05, 0.1) is 11.1 Å². The summed E-state index contributed by atoms with van der Waals surface area (Å²) in [4.78, 5) is 31.9. The number of carbonyl (C=O) groups is 1. The molecular formula is C18H25N3O2S2. The Kier molecular flexibility index (Phi) is 6.17. The first-order valence-corrected chi connectivity index (χ1v) is 10.9. The van der Waals surface area contributed by atoms with Crippen molar-refractivity contribution >= 4 is 39.2 Å². The van der Waals surface area contributed by atoms with Gasteiger partial charge in [0.2, 0.25) is 5.91 Å². The molecule has 0 bridgehead atoms. The van der Waals surface area contributed by atoms with Crippen LogP contribution in [0.25, 0.3) is 10.2 Å². The van der Waals surface area contributed by atoms with Crippen LogP contribution < -0.4 is 10.9 Å². The van der Waals surface area contributed by atoms with Crippen LogP contribution in [0.1, 0.15) is 50.0 Å². The third-order valence-electron chi connectivity index (χ3n) is 4.48. The van der Waals surface area contributed by atoms with Crippen LogP contribution >= 0.6 is 23.1 Å². The van der Waals surface area contributed by atoms with Gasteiger partial charge < -0.3 is 5.32 Å². The van der Waals surface area contributed by atoms with Crippen LogP contribution in [0.2, 0.25) is 0 Å². The van der Waals surface area contributed by atoms with E-state index in [9.17, 15) is 9.59 Å². The Hall–Kier alpha value is -1.34. The molecule has 7 heteroatoms. The van der Waals surface area contributed by atoms with Crippen LogP contribution in [-0.4, -0.2) is 27.8 Å². The number of fused-ring (bicyclic) bond motifs is 3. The van der Waals surface area contributed by atoms with E-state index in [1.54, 1.807) is 15.9 Å². The van der Waals surface area contributed by atoms with Crippen molar-refractivity contribution in [2.75, 3.05) is 12.3 Å². The summed E-state index contributed by atoms with van der Waals surface area (Å²) < 4.78 is 1.80. The van der Waals surface area contributed by atoms with Gasteiger partial charge in [0.25, 0.3) is 5.56 Å². The molecule has 1 aliphatic rings. The van der Waals surface area contributed by atoms with Crippen LogP contribution in [-0.2, 0) is 24.2 Å².